The number of halogens is 4. The fourth-order valence-corrected chi connectivity index (χ4v) is 2.58. The fraction of sp³-hybridized carbons (Fsp3) is 0.600. The Balaban J connectivity index is 2.08. The van der Waals surface area contributed by atoms with Gasteiger partial charge in [-0.2, -0.15) is 17.6 Å². The van der Waals surface area contributed by atoms with Crippen LogP contribution in [0.2, 0.25) is 0 Å². The monoisotopic (exact) mass is 366 g/mol. The highest BCUT2D eigenvalue weighted by Crippen LogP contribution is 2.33. The van der Waals surface area contributed by atoms with Crippen LogP contribution in [0.25, 0.3) is 0 Å². The third-order valence-corrected chi connectivity index (χ3v) is 3.70. The average molecular weight is 366 g/mol. The van der Waals surface area contributed by atoms with Crippen molar-refractivity contribution in [2.75, 3.05) is 24.6 Å². The maximum absolute atomic E-state index is 12.5. The Labute approximate surface area is 141 Å². The Kier molecular flexibility index (Phi) is 6.65. The van der Waals surface area contributed by atoms with Crippen LogP contribution in [0.1, 0.15) is 19.8 Å². The molecule has 25 heavy (non-hydrogen) atoms. The van der Waals surface area contributed by atoms with Gasteiger partial charge in [0, 0.05) is 19.2 Å². The highest BCUT2D eigenvalue weighted by molar-refractivity contribution is 5.73. The molecule has 2 rings (SSSR count). The molecule has 10 heteroatoms. The van der Waals surface area contributed by atoms with Crippen molar-refractivity contribution >= 4 is 11.7 Å². The molecular formula is C15H18F4N2O4. The van der Waals surface area contributed by atoms with Crippen molar-refractivity contribution in [1.29, 1.82) is 0 Å². The summed E-state index contributed by atoms with van der Waals surface area (Å²) in [5, 5.41) is 0. The maximum atomic E-state index is 12.5. The fourth-order valence-electron chi connectivity index (χ4n) is 2.58. The van der Waals surface area contributed by atoms with Gasteiger partial charge in [-0.3, -0.25) is 4.79 Å². The van der Waals surface area contributed by atoms with E-state index in [0.717, 1.165) is 0 Å². The van der Waals surface area contributed by atoms with Gasteiger partial charge in [0.2, 0.25) is 0 Å². The number of carbonyl (C=O) groups excluding carboxylic acids is 1. The lowest BCUT2D eigenvalue weighted by Crippen LogP contribution is -2.37. The van der Waals surface area contributed by atoms with Gasteiger partial charge < -0.3 is 19.1 Å². The number of hydrogen-bond acceptors (Lipinski definition) is 6. The number of nitrogens with zero attached hydrogens (tertiary/aromatic N) is 2. The summed E-state index contributed by atoms with van der Waals surface area (Å²) in [5.41, 5.74) is 0.416. The minimum absolute atomic E-state index is 0.220. The zero-order valence-corrected chi connectivity index (χ0v) is 13.5. The van der Waals surface area contributed by atoms with Crippen LogP contribution in [0.4, 0.5) is 23.2 Å². The summed E-state index contributed by atoms with van der Waals surface area (Å²) in [6, 6.07) is 1.17. The number of pyridine rings is 1. The van der Waals surface area contributed by atoms with E-state index in [9.17, 15) is 22.4 Å². The van der Waals surface area contributed by atoms with Crippen LogP contribution in [-0.4, -0.2) is 43.9 Å². The Hall–Kier alpha value is -2.26. The van der Waals surface area contributed by atoms with Gasteiger partial charge in [-0.1, -0.05) is 0 Å². The molecule has 0 spiro atoms. The van der Waals surface area contributed by atoms with Gasteiger partial charge in [-0.15, -0.1) is 0 Å². The third kappa shape index (κ3) is 5.36. The highest BCUT2D eigenvalue weighted by atomic mass is 19.3. The summed E-state index contributed by atoms with van der Waals surface area (Å²) < 4.78 is 62.8. The second kappa shape index (κ2) is 8.72. The van der Waals surface area contributed by atoms with E-state index in [1.807, 2.05) is 0 Å². The van der Waals surface area contributed by atoms with Gasteiger partial charge in [0.05, 0.1) is 24.4 Å². The van der Waals surface area contributed by atoms with Gasteiger partial charge >= 0.3 is 19.2 Å². The van der Waals surface area contributed by atoms with Crippen LogP contribution < -0.4 is 14.4 Å². The van der Waals surface area contributed by atoms with Crippen LogP contribution in [0.15, 0.2) is 12.3 Å². The van der Waals surface area contributed by atoms with Crippen molar-refractivity contribution in [3.63, 3.8) is 0 Å². The number of esters is 1. The molecule has 2 heterocycles. The van der Waals surface area contributed by atoms with Crippen molar-refractivity contribution < 1.29 is 36.6 Å². The predicted octanol–water partition coefficient (Wildman–Crippen LogP) is 3.06. The number of carbonyl (C=O) groups is 1. The summed E-state index contributed by atoms with van der Waals surface area (Å²) in [6.07, 6.45) is 2.29. The first-order chi connectivity index (χ1) is 11.9. The van der Waals surface area contributed by atoms with Gasteiger partial charge in [0.15, 0.2) is 5.75 Å². The van der Waals surface area contributed by atoms with Gasteiger partial charge in [-0.05, 0) is 19.8 Å². The number of hydrogen-bond donors (Lipinski definition) is 0. The zero-order valence-electron chi connectivity index (χ0n) is 13.5. The first-order valence-electron chi connectivity index (χ1n) is 7.72. The predicted molar refractivity (Wildman–Crippen MR) is 79.1 cm³/mol. The van der Waals surface area contributed by atoms with Crippen molar-refractivity contribution in [1.82, 2.24) is 4.98 Å². The number of aromatic nitrogens is 1. The van der Waals surface area contributed by atoms with Crippen LogP contribution >= 0.6 is 0 Å². The van der Waals surface area contributed by atoms with Crippen molar-refractivity contribution in [2.45, 2.75) is 33.0 Å². The van der Waals surface area contributed by atoms with E-state index in [4.69, 9.17) is 4.74 Å². The van der Waals surface area contributed by atoms with E-state index in [-0.39, 0.29) is 11.9 Å². The lowest BCUT2D eigenvalue weighted by molar-refractivity contribution is -0.148. The molecule has 6 nitrogen and oxygen atoms in total. The van der Waals surface area contributed by atoms with E-state index in [2.05, 4.69) is 14.5 Å². The van der Waals surface area contributed by atoms with Crippen LogP contribution in [0, 0.1) is 5.92 Å². The maximum Gasteiger partial charge on any atom is 0.388 e. The Morgan fingerprint density at radius 2 is 1.88 bits per heavy atom. The highest BCUT2D eigenvalue weighted by Gasteiger charge is 2.27. The third-order valence-electron chi connectivity index (χ3n) is 3.70. The zero-order chi connectivity index (χ0) is 18.4. The minimum atomic E-state index is -3.21. The lowest BCUT2D eigenvalue weighted by Gasteiger charge is -2.32. The molecule has 0 radical (unpaired) electrons. The average Bonchev–Trinajstić information content (AvgIpc) is 2.56. The second-order valence-corrected chi connectivity index (χ2v) is 5.27. The van der Waals surface area contributed by atoms with Gasteiger partial charge in [-0.25, -0.2) is 4.98 Å². The molecule has 1 fully saturated rings. The molecule has 1 aliphatic rings. The molecule has 1 aromatic heterocycles. The summed E-state index contributed by atoms with van der Waals surface area (Å²) in [6.45, 7) is -3.44. The van der Waals surface area contributed by atoms with Crippen LogP contribution in [0.3, 0.4) is 0 Å². The standard InChI is InChI=1S/C15H18F4N2O4/c1-2-23-13(22)9-3-5-21(6-4-9)10-7-11(24-14(16)17)12(20-8-10)25-15(18)19/h7-9,14-15H,2-6H2,1H3. The Bertz CT molecular complexity index is 581. The molecule has 0 aromatic carbocycles. The van der Waals surface area contributed by atoms with Gasteiger partial charge in [0.1, 0.15) is 0 Å². The number of ether oxygens (including phenoxy) is 3. The SMILES string of the molecule is CCOC(=O)C1CCN(c2cnc(OC(F)F)c(OC(F)F)c2)CC1. The normalized spacial score (nSPS) is 15.6. The smallest absolute Gasteiger partial charge is 0.388 e. The summed E-state index contributed by atoms with van der Waals surface area (Å²) in [4.78, 5) is 17.2. The molecule has 1 aromatic rings. The summed E-state index contributed by atoms with van der Waals surface area (Å²) in [5.74, 6) is -1.76. The number of rotatable bonds is 7. The second-order valence-electron chi connectivity index (χ2n) is 5.27. The quantitative estimate of drug-likeness (QED) is 0.546. The molecule has 1 aliphatic heterocycles. The Morgan fingerprint density at radius 3 is 2.44 bits per heavy atom. The van der Waals surface area contributed by atoms with E-state index in [0.29, 0.717) is 38.2 Å². The van der Waals surface area contributed by atoms with E-state index in [1.165, 1.54) is 12.3 Å². The molecule has 0 atom stereocenters. The number of alkyl halides is 4. The molecule has 1 saturated heterocycles. The number of piperidine rings is 1. The molecule has 0 saturated carbocycles. The van der Waals surface area contributed by atoms with E-state index >= 15 is 0 Å². The van der Waals surface area contributed by atoms with Crippen molar-refractivity contribution in [3.8, 4) is 11.6 Å². The van der Waals surface area contributed by atoms with Crippen molar-refractivity contribution in [3.05, 3.63) is 12.3 Å². The van der Waals surface area contributed by atoms with E-state index < -0.39 is 24.9 Å². The Morgan fingerprint density at radius 1 is 1.24 bits per heavy atom. The first kappa shape index (κ1) is 19.1. The van der Waals surface area contributed by atoms with Crippen LogP contribution in [-0.2, 0) is 9.53 Å². The van der Waals surface area contributed by atoms with Gasteiger partial charge in [0.25, 0.3) is 5.88 Å². The molecule has 0 amide bonds. The van der Waals surface area contributed by atoms with E-state index in [1.54, 1.807) is 11.8 Å². The molecule has 0 N–H and O–H groups in total. The largest absolute Gasteiger partial charge is 0.466 e. The van der Waals surface area contributed by atoms with Crippen molar-refractivity contribution in [2.24, 2.45) is 5.92 Å². The molecular weight excluding hydrogens is 348 g/mol. The topological polar surface area (TPSA) is 60.9 Å². The minimum Gasteiger partial charge on any atom is -0.466 e. The lowest BCUT2D eigenvalue weighted by atomic mass is 9.97. The summed E-state index contributed by atoms with van der Waals surface area (Å²) >= 11 is 0. The molecule has 140 valence electrons. The molecule has 0 aliphatic carbocycles. The first-order valence-corrected chi connectivity index (χ1v) is 7.72. The summed E-state index contributed by atoms with van der Waals surface area (Å²) in [7, 11) is 0. The van der Waals surface area contributed by atoms with Crippen LogP contribution in [0.5, 0.6) is 11.6 Å². The molecule has 0 unspecified atom stereocenters. The molecule has 0 bridgehead atoms. The number of anilines is 1.